The van der Waals surface area contributed by atoms with Gasteiger partial charge in [-0.25, -0.2) is 4.57 Å². The summed E-state index contributed by atoms with van der Waals surface area (Å²) in [5.74, 6) is -0.248. The summed E-state index contributed by atoms with van der Waals surface area (Å²) in [7, 11) is 1.50. The maximum absolute atomic E-state index is 12.7. The Morgan fingerprint density at radius 1 is 0.614 bits per heavy atom. The summed E-state index contributed by atoms with van der Waals surface area (Å²) in [5, 5.41) is 13.6. The molecule has 9 heteroatoms. The molecule has 1 amide bonds. The minimum Gasteiger partial charge on any atom is -0.387 e. The van der Waals surface area contributed by atoms with Crippen LogP contribution in [0.1, 0.15) is 123 Å². The smallest absolute Gasteiger partial charge is 0.387 e. The maximum Gasteiger partial charge on any atom is 0.472 e. The molecule has 8 nitrogen and oxygen atoms in total. The second-order valence-corrected chi connectivity index (χ2v) is 16.4. The van der Waals surface area contributed by atoms with Crippen LogP contribution in [0.4, 0.5) is 0 Å². The fraction of sp³-hybridized carbons (Fsp3) is 0.562. The maximum atomic E-state index is 12.7. The lowest BCUT2D eigenvalue weighted by Crippen LogP contribution is -2.45. The van der Waals surface area contributed by atoms with Gasteiger partial charge in [0.15, 0.2) is 0 Å². The summed E-state index contributed by atoms with van der Waals surface area (Å²) in [4.78, 5) is 22.9. The molecular weight excluding hydrogens is 732 g/mol. The van der Waals surface area contributed by atoms with Gasteiger partial charge >= 0.3 is 7.82 Å². The van der Waals surface area contributed by atoms with Crippen molar-refractivity contribution in [3.05, 3.63) is 122 Å². The standard InChI is InChI=1S/C48H79N2O6P/c1-6-8-10-12-14-15-16-17-18-19-20-21-22-23-24-25-26-27-28-29-30-31-32-33-34-35-36-38-40-42-48(52)49-46(47(51)41-39-37-13-11-9-7-2)45-56-57(53,54)55-44-43-50(3,4)5/h8,10,14-15,17-18,20-21,23-24,26-27,29-30,32-33,35-36,39,41,46-47,51H,6-7,9,11-13,16,19,22,25,28,31,34,37-38,40,42-45H2,1-5H3,(H-,49,52,53,54)/p+1/b10-8-,15-14-,18-17-,21-20-,24-23-,27-26-,30-29-,33-32-,36-35-,41-39+. The van der Waals surface area contributed by atoms with Gasteiger partial charge in [-0.15, -0.1) is 0 Å². The Bertz CT molecular complexity index is 1330. The Labute approximate surface area is 348 Å². The molecule has 0 aromatic heterocycles. The average Bonchev–Trinajstić information content (AvgIpc) is 3.16. The van der Waals surface area contributed by atoms with E-state index in [-0.39, 0.29) is 25.5 Å². The molecule has 57 heavy (non-hydrogen) atoms. The fourth-order valence-electron chi connectivity index (χ4n) is 5.04. The third-order valence-electron chi connectivity index (χ3n) is 8.44. The summed E-state index contributed by atoms with van der Waals surface area (Å²) in [6, 6.07) is -0.882. The van der Waals surface area contributed by atoms with Crippen LogP contribution in [-0.4, -0.2) is 73.4 Å². The molecule has 0 aromatic carbocycles. The topological polar surface area (TPSA) is 105 Å². The summed E-state index contributed by atoms with van der Waals surface area (Å²) >= 11 is 0. The summed E-state index contributed by atoms with van der Waals surface area (Å²) in [6.07, 6.45) is 57.4. The SMILES string of the molecule is CC/C=C\C/C=C\C/C=C\C/C=C\C/C=C\C/C=C\C/C=C\C/C=C\C/C=C\CCCC(=O)NC(COP(=O)(O)OCC[N+](C)(C)C)C(O)/C=C/CCCCCC. The molecule has 0 saturated carbocycles. The summed E-state index contributed by atoms with van der Waals surface area (Å²) < 4.78 is 23.3. The number of hydrogen-bond acceptors (Lipinski definition) is 5. The molecule has 3 atom stereocenters. The number of carbonyl (C=O) groups excluding carboxylic acids is 1. The number of phosphoric acid groups is 1. The lowest BCUT2D eigenvalue weighted by molar-refractivity contribution is -0.870. The van der Waals surface area contributed by atoms with E-state index in [1.807, 2.05) is 27.2 Å². The number of hydrogen-bond donors (Lipinski definition) is 3. The van der Waals surface area contributed by atoms with Gasteiger partial charge in [0.1, 0.15) is 13.2 Å². The van der Waals surface area contributed by atoms with Gasteiger partial charge in [-0.05, 0) is 83.5 Å². The van der Waals surface area contributed by atoms with Crippen molar-refractivity contribution in [2.24, 2.45) is 0 Å². The van der Waals surface area contributed by atoms with Crippen LogP contribution in [0.15, 0.2) is 122 Å². The average molecular weight is 812 g/mol. The summed E-state index contributed by atoms with van der Waals surface area (Å²) in [5.41, 5.74) is 0. The minimum atomic E-state index is -4.35. The molecule has 0 heterocycles. The molecule has 0 aromatic rings. The van der Waals surface area contributed by atoms with E-state index < -0.39 is 20.0 Å². The quantitative estimate of drug-likeness (QED) is 0.0252. The lowest BCUT2D eigenvalue weighted by Gasteiger charge is -2.25. The highest BCUT2D eigenvalue weighted by Gasteiger charge is 2.27. The van der Waals surface area contributed by atoms with Crippen LogP contribution in [0, 0.1) is 0 Å². The predicted molar refractivity (Wildman–Crippen MR) is 244 cm³/mol. The zero-order valence-electron chi connectivity index (χ0n) is 36.3. The Kier molecular flexibility index (Phi) is 36.3. The number of likely N-dealkylation sites (N-methyl/N-ethyl adjacent to an activating group) is 1. The first-order valence-electron chi connectivity index (χ1n) is 21.4. The first-order chi connectivity index (χ1) is 27.5. The van der Waals surface area contributed by atoms with Crippen LogP contribution < -0.4 is 5.32 Å². The number of nitrogens with zero attached hydrogens (tertiary/aromatic N) is 1. The van der Waals surface area contributed by atoms with Crippen LogP contribution in [0.2, 0.25) is 0 Å². The number of carbonyl (C=O) groups is 1. The number of quaternary nitrogens is 1. The van der Waals surface area contributed by atoms with Crippen molar-refractivity contribution in [2.45, 2.75) is 135 Å². The number of allylic oxidation sites excluding steroid dienone is 19. The second-order valence-electron chi connectivity index (χ2n) is 15.0. The van der Waals surface area contributed by atoms with E-state index in [1.54, 1.807) is 6.08 Å². The van der Waals surface area contributed by atoms with Crippen molar-refractivity contribution in [2.75, 3.05) is 40.9 Å². The van der Waals surface area contributed by atoms with Gasteiger partial charge in [0.2, 0.25) is 5.91 Å². The molecule has 0 radical (unpaired) electrons. The van der Waals surface area contributed by atoms with Crippen molar-refractivity contribution in [1.29, 1.82) is 0 Å². The second kappa shape index (κ2) is 38.4. The van der Waals surface area contributed by atoms with Crippen molar-refractivity contribution < 1.29 is 32.9 Å². The Morgan fingerprint density at radius 2 is 1.05 bits per heavy atom. The lowest BCUT2D eigenvalue weighted by atomic mass is 10.1. The molecule has 0 bridgehead atoms. The Balaban J connectivity index is 4.31. The molecule has 3 unspecified atom stereocenters. The molecule has 0 fully saturated rings. The molecule has 322 valence electrons. The van der Waals surface area contributed by atoms with E-state index in [0.29, 0.717) is 17.4 Å². The molecule has 0 rings (SSSR count). The predicted octanol–water partition coefficient (Wildman–Crippen LogP) is 11.9. The molecule has 3 N–H and O–H groups in total. The highest BCUT2D eigenvalue weighted by Crippen LogP contribution is 2.43. The Hall–Kier alpha value is -3.10. The van der Waals surface area contributed by atoms with Crippen molar-refractivity contribution in [3.63, 3.8) is 0 Å². The van der Waals surface area contributed by atoms with E-state index in [0.717, 1.165) is 89.9 Å². The normalized spacial score (nSPS) is 15.6. The van der Waals surface area contributed by atoms with Crippen LogP contribution in [0.5, 0.6) is 0 Å². The van der Waals surface area contributed by atoms with E-state index in [1.165, 1.54) is 6.42 Å². The number of amides is 1. The molecule has 0 spiro atoms. The number of nitrogens with one attached hydrogen (secondary N) is 1. The zero-order chi connectivity index (χ0) is 42.1. The number of unbranched alkanes of at least 4 members (excludes halogenated alkanes) is 5. The first kappa shape index (κ1) is 53.9. The van der Waals surface area contributed by atoms with Gasteiger partial charge in [0, 0.05) is 6.42 Å². The third kappa shape index (κ3) is 40.9. The number of aliphatic hydroxyl groups is 1. The van der Waals surface area contributed by atoms with Crippen molar-refractivity contribution >= 4 is 13.7 Å². The molecule has 0 saturated heterocycles. The van der Waals surface area contributed by atoms with Crippen LogP contribution >= 0.6 is 7.82 Å². The van der Waals surface area contributed by atoms with Gasteiger partial charge in [-0.1, -0.05) is 155 Å². The van der Waals surface area contributed by atoms with E-state index in [2.05, 4.69) is 129 Å². The molecular formula is C48H80N2O6P+. The minimum absolute atomic E-state index is 0.0423. The third-order valence-corrected chi connectivity index (χ3v) is 9.42. The number of rotatable bonds is 36. The first-order valence-corrected chi connectivity index (χ1v) is 22.9. The number of phosphoric ester groups is 1. The Morgan fingerprint density at radius 3 is 1.49 bits per heavy atom. The fourth-order valence-corrected chi connectivity index (χ4v) is 5.77. The monoisotopic (exact) mass is 812 g/mol. The van der Waals surface area contributed by atoms with Gasteiger partial charge in [0.25, 0.3) is 0 Å². The van der Waals surface area contributed by atoms with Gasteiger partial charge in [-0.3, -0.25) is 13.8 Å². The van der Waals surface area contributed by atoms with E-state index in [4.69, 9.17) is 9.05 Å². The molecule has 0 aliphatic heterocycles. The van der Waals surface area contributed by atoms with E-state index in [9.17, 15) is 19.4 Å². The van der Waals surface area contributed by atoms with Gasteiger partial charge < -0.3 is 19.8 Å². The molecule has 0 aliphatic rings. The van der Waals surface area contributed by atoms with Crippen molar-refractivity contribution in [3.8, 4) is 0 Å². The van der Waals surface area contributed by atoms with Crippen LogP contribution in [0.3, 0.4) is 0 Å². The van der Waals surface area contributed by atoms with Gasteiger partial charge in [-0.2, -0.15) is 0 Å². The molecule has 0 aliphatic carbocycles. The highest BCUT2D eigenvalue weighted by molar-refractivity contribution is 7.47. The zero-order valence-corrected chi connectivity index (χ0v) is 37.2. The summed E-state index contributed by atoms with van der Waals surface area (Å²) in [6.45, 7) is 4.52. The van der Waals surface area contributed by atoms with Gasteiger partial charge in [0.05, 0.1) is 39.9 Å². The number of aliphatic hydroxyl groups excluding tert-OH is 1. The highest BCUT2D eigenvalue weighted by atomic mass is 31.2. The van der Waals surface area contributed by atoms with Crippen LogP contribution in [-0.2, 0) is 18.4 Å². The van der Waals surface area contributed by atoms with E-state index >= 15 is 0 Å². The van der Waals surface area contributed by atoms with Crippen LogP contribution in [0.25, 0.3) is 0 Å². The van der Waals surface area contributed by atoms with Crippen molar-refractivity contribution in [1.82, 2.24) is 5.32 Å². The largest absolute Gasteiger partial charge is 0.472 e.